The molecule has 4 nitrogen and oxygen atoms in total. The van der Waals surface area contributed by atoms with Crippen molar-refractivity contribution in [2.45, 2.75) is 39.2 Å². The van der Waals surface area contributed by atoms with E-state index in [0.29, 0.717) is 13.0 Å². The highest BCUT2D eigenvalue weighted by Crippen LogP contribution is 2.09. The van der Waals surface area contributed by atoms with Gasteiger partial charge in [-0.15, -0.1) is 0 Å². The van der Waals surface area contributed by atoms with Crippen LogP contribution in [0.5, 0.6) is 0 Å². The third-order valence-corrected chi connectivity index (χ3v) is 4.44. The molecular formula is C9H22N2O2S. The molecule has 2 N–H and O–H groups in total. The maximum absolute atomic E-state index is 11.7. The van der Waals surface area contributed by atoms with Crippen molar-refractivity contribution in [3.05, 3.63) is 0 Å². The van der Waals surface area contributed by atoms with E-state index in [4.69, 9.17) is 5.73 Å². The Hall–Kier alpha value is -0.130. The van der Waals surface area contributed by atoms with Crippen molar-refractivity contribution in [1.82, 2.24) is 4.31 Å². The number of hydrogen-bond acceptors (Lipinski definition) is 3. The molecule has 0 saturated heterocycles. The highest BCUT2D eigenvalue weighted by Gasteiger charge is 2.21. The third kappa shape index (κ3) is 4.39. The van der Waals surface area contributed by atoms with Gasteiger partial charge in [0.05, 0.1) is 5.75 Å². The summed E-state index contributed by atoms with van der Waals surface area (Å²) in [5, 5.41) is 0. The van der Waals surface area contributed by atoms with Crippen LogP contribution in [-0.4, -0.2) is 38.1 Å². The van der Waals surface area contributed by atoms with Crippen LogP contribution in [0.4, 0.5) is 0 Å². The van der Waals surface area contributed by atoms with Gasteiger partial charge in [-0.05, 0) is 26.3 Å². The minimum Gasteiger partial charge on any atom is -0.330 e. The number of hydrogen-bond donors (Lipinski definition) is 1. The number of sulfonamides is 1. The van der Waals surface area contributed by atoms with E-state index >= 15 is 0 Å². The molecule has 0 amide bonds. The molecule has 14 heavy (non-hydrogen) atoms. The Morgan fingerprint density at radius 2 is 2.00 bits per heavy atom. The van der Waals surface area contributed by atoms with E-state index in [9.17, 15) is 8.42 Å². The fraction of sp³-hybridized carbons (Fsp3) is 1.00. The van der Waals surface area contributed by atoms with Crippen LogP contribution in [0.25, 0.3) is 0 Å². The summed E-state index contributed by atoms with van der Waals surface area (Å²) in [4.78, 5) is 0. The second-order valence-corrected chi connectivity index (χ2v) is 5.76. The maximum atomic E-state index is 11.7. The Labute approximate surface area is 87.5 Å². The largest absolute Gasteiger partial charge is 0.330 e. The SMILES string of the molecule is CCCCS(=O)(=O)N(C)C(C)CCN. The molecule has 1 atom stereocenters. The smallest absolute Gasteiger partial charge is 0.214 e. The number of unbranched alkanes of at least 4 members (excludes halogenated alkanes) is 1. The van der Waals surface area contributed by atoms with Crippen molar-refractivity contribution in [3.63, 3.8) is 0 Å². The molecule has 1 unspecified atom stereocenters. The molecule has 0 radical (unpaired) electrons. The van der Waals surface area contributed by atoms with Crippen molar-refractivity contribution < 1.29 is 8.42 Å². The van der Waals surface area contributed by atoms with E-state index < -0.39 is 10.0 Å². The molecule has 0 aliphatic rings. The predicted molar refractivity (Wildman–Crippen MR) is 59.6 cm³/mol. The fourth-order valence-electron chi connectivity index (χ4n) is 1.17. The quantitative estimate of drug-likeness (QED) is 0.692. The topological polar surface area (TPSA) is 63.4 Å². The zero-order valence-corrected chi connectivity index (χ0v) is 10.2. The molecule has 0 rings (SSSR count). The maximum Gasteiger partial charge on any atom is 0.214 e. The Morgan fingerprint density at radius 3 is 2.43 bits per heavy atom. The molecule has 0 aliphatic heterocycles. The summed E-state index contributed by atoms with van der Waals surface area (Å²) < 4.78 is 24.8. The normalized spacial score (nSPS) is 14.6. The van der Waals surface area contributed by atoms with E-state index in [1.807, 2.05) is 13.8 Å². The molecule has 5 heteroatoms. The van der Waals surface area contributed by atoms with Gasteiger partial charge in [0.15, 0.2) is 0 Å². The van der Waals surface area contributed by atoms with Crippen LogP contribution in [-0.2, 0) is 10.0 Å². The second kappa shape index (κ2) is 6.37. The van der Waals surface area contributed by atoms with Gasteiger partial charge in [0.2, 0.25) is 10.0 Å². The summed E-state index contributed by atoms with van der Waals surface area (Å²) in [5.41, 5.74) is 5.39. The molecule has 0 aromatic carbocycles. The van der Waals surface area contributed by atoms with Crippen LogP contribution >= 0.6 is 0 Å². The van der Waals surface area contributed by atoms with Gasteiger partial charge in [-0.2, -0.15) is 0 Å². The van der Waals surface area contributed by atoms with Crippen LogP contribution in [0.15, 0.2) is 0 Å². The molecule has 0 heterocycles. The zero-order chi connectivity index (χ0) is 11.2. The van der Waals surface area contributed by atoms with Gasteiger partial charge in [-0.3, -0.25) is 0 Å². The lowest BCUT2D eigenvalue weighted by Gasteiger charge is -2.23. The standard InChI is InChI=1S/C9H22N2O2S/c1-4-5-8-14(12,13)11(3)9(2)6-7-10/h9H,4-8,10H2,1-3H3. The third-order valence-electron chi connectivity index (χ3n) is 2.40. The van der Waals surface area contributed by atoms with Crippen molar-refractivity contribution in [3.8, 4) is 0 Å². The van der Waals surface area contributed by atoms with Crippen molar-refractivity contribution in [2.75, 3.05) is 19.3 Å². The molecule has 0 fully saturated rings. The number of nitrogens with zero attached hydrogens (tertiary/aromatic N) is 1. The first-order chi connectivity index (χ1) is 6.45. The Bertz CT molecular complexity index is 239. The molecule has 0 aromatic heterocycles. The molecule has 0 bridgehead atoms. The first-order valence-corrected chi connectivity index (χ1v) is 6.72. The molecule has 0 aliphatic carbocycles. The Kier molecular flexibility index (Phi) is 6.31. The lowest BCUT2D eigenvalue weighted by Crippen LogP contribution is -2.37. The van der Waals surface area contributed by atoms with Gasteiger partial charge in [-0.25, -0.2) is 12.7 Å². The monoisotopic (exact) mass is 222 g/mol. The molecule has 0 saturated carbocycles. The first-order valence-electron chi connectivity index (χ1n) is 5.11. The summed E-state index contributed by atoms with van der Waals surface area (Å²) in [6.07, 6.45) is 2.34. The number of nitrogens with two attached hydrogens (primary N) is 1. The molecule has 0 aromatic rings. The highest BCUT2D eigenvalue weighted by molar-refractivity contribution is 7.89. The number of rotatable bonds is 7. The van der Waals surface area contributed by atoms with E-state index in [1.54, 1.807) is 7.05 Å². The fourth-order valence-corrected chi connectivity index (χ4v) is 2.76. The Balaban J connectivity index is 4.27. The minimum absolute atomic E-state index is 0.00172. The average Bonchev–Trinajstić information content (AvgIpc) is 2.14. The van der Waals surface area contributed by atoms with Crippen molar-refractivity contribution >= 4 is 10.0 Å². The van der Waals surface area contributed by atoms with Gasteiger partial charge in [0.1, 0.15) is 0 Å². The highest BCUT2D eigenvalue weighted by atomic mass is 32.2. The van der Waals surface area contributed by atoms with E-state index in [0.717, 1.165) is 12.8 Å². The van der Waals surface area contributed by atoms with Gasteiger partial charge >= 0.3 is 0 Å². The second-order valence-electron chi connectivity index (χ2n) is 3.61. The Morgan fingerprint density at radius 1 is 1.43 bits per heavy atom. The summed E-state index contributed by atoms with van der Waals surface area (Å²) in [5.74, 6) is 0.245. The van der Waals surface area contributed by atoms with E-state index in [1.165, 1.54) is 4.31 Å². The first kappa shape index (κ1) is 13.9. The summed E-state index contributed by atoms with van der Waals surface area (Å²) in [6, 6.07) is 0.00172. The van der Waals surface area contributed by atoms with Gasteiger partial charge < -0.3 is 5.73 Å². The molecule has 86 valence electrons. The van der Waals surface area contributed by atoms with Gasteiger partial charge in [-0.1, -0.05) is 13.3 Å². The van der Waals surface area contributed by atoms with Crippen LogP contribution in [0.2, 0.25) is 0 Å². The molecule has 0 spiro atoms. The lowest BCUT2D eigenvalue weighted by atomic mass is 10.2. The molecular weight excluding hydrogens is 200 g/mol. The minimum atomic E-state index is -3.07. The lowest BCUT2D eigenvalue weighted by molar-refractivity contribution is 0.374. The average molecular weight is 222 g/mol. The van der Waals surface area contributed by atoms with Gasteiger partial charge in [0.25, 0.3) is 0 Å². The van der Waals surface area contributed by atoms with Crippen LogP contribution in [0.1, 0.15) is 33.1 Å². The van der Waals surface area contributed by atoms with Crippen LogP contribution in [0.3, 0.4) is 0 Å². The van der Waals surface area contributed by atoms with E-state index in [2.05, 4.69) is 0 Å². The summed E-state index contributed by atoms with van der Waals surface area (Å²) in [7, 11) is -1.44. The summed E-state index contributed by atoms with van der Waals surface area (Å²) in [6.45, 7) is 4.39. The van der Waals surface area contributed by atoms with E-state index in [-0.39, 0.29) is 11.8 Å². The zero-order valence-electron chi connectivity index (χ0n) is 9.36. The van der Waals surface area contributed by atoms with Crippen molar-refractivity contribution in [2.24, 2.45) is 5.73 Å². The van der Waals surface area contributed by atoms with Crippen LogP contribution in [0, 0.1) is 0 Å². The van der Waals surface area contributed by atoms with Gasteiger partial charge in [0, 0.05) is 13.1 Å². The van der Waals surface area contributed by atoms with Crippen molar-refractivity contribution in [1.29, 1.82) is 0 Å². The van der Waals surface area contributed by atoms with Crippen LogP contribution < -0.4 is 5.73 Å². The predicted octanol–water partition coefficient (Wildman–Crippen LogP) is 0.785. The summed E-state index contributed by atoms with van der Waals surface area (Å²) >= 11 is 0.